The molecule has 1 N–H and O–H groups in total. The van der Waals surface area contributed by atoms with Crippen LogP contribution in [0.5, 0.6) is 5.75 Å². The summed E-state index contributed by atoms with van der Waals surface area (Å²) >= 11 is 6.03. The van der Waals surface area contributed by atoms with Gasteiger partial charge in [0.05, 0.1) is 6.54 Å². The summed E-state index contributed by atoms with van der Waals surface area (Å²) in [6.07, 6.45) is 1.15. The molecule has 2 aromatic rings. The summed E-state index contributed by atoms with van der Waals surface area (Å²) in [5.74, 6) is 1.02. The fourth-order valence-electron chi connectivity index (χ4n) is 2.57. The van der Waals surface area contributed by atoms with Crippen molar-refractivity contribution in [3.63, 3.8) is 0 Å². The largest absolute Gasteiger partial charge is 0.488 e. The first-order valence-electron chi connectivity index (χ1n) is 6.88. The van der Waals surface area contributed by atoms with Crippen molar-refractivity contribution in [2.45, 2.75) is 26.4 Å². The molecule has 0 saturated heterocycles. The van der Waals surface area contributed by atoms with Crippen LogP contribution in [0.25, 0.3) is 0 Å². The van der Waals surface area contributed by atoms with Crippen LogP contribution in [-0.4, -0.2) is 12.6 Å². The Morgan fingerprint density at radius 1 is 1.20 bits per heavy atom. The van der Waals surface area contributed by atoms with Crippen molar-refractivity contribution in [1.29, 1.82) is 0 Å². The molecule has 0 aromatic heterocycles. The lowest BCUT2D eigenvalue weighted by Gasteiger charge is -2.14. The van der Waals surface area contributed by atoms with Crippen molar-refractivity contribution in [1.82, 2.24) is 0 Å². The van der Waals surface area contributed by atoms with Crippen LogP contribution in [0, 0.1) is 13.8 Å². The van der Waals surface area contributed by atoms with Crippen LogP contribution in [0.1, 0.15) is 16.7 Å². The minimum absolute atomic E-state index is 0.185. The minimum atomic E-state index is 0.185. The number of benzene rings is 2. The Labute approximate surface area is 124 Å². The van der Waals surface area contributed by atoms with Gasteiger partial charge in [-0.05, 0) is 43.2 Å². The highest BCUT2D eigenvalue weighted by Gasteiger charge is 2.22. The number of anilines is 1. The lowest BCUT2D eigenvalue weighted by Crippen LogP contribution is -2.24. The van der Waals surface area contributed by atoms with Gasteiger partial charge in [-0.15, -0.1) is 0 Å². The molecular weight excluding hydrogens is 270 g/mol. The molecule has 0 aliphatic carbocycles. The van der Waals surface area contributed by atoms with Crippen molar-refractivity contribution in [2.24, 2.45) is 0 Å². The van der Waals surface area contributed by atoms with E-state index in [0.717, 1.165) is 29.4 Å². The number of hydrogen-bond donors (Lipinski definition) is 1. The maximum atomic E-state index is 6.03. The second kappa shape index (κ2) is 5.37. The molecule has 1 atom stereocenters. The Hall–Kier alpha value is -1.67. The summed E-state index contributed by atoms with van der Waals surface area (Å²) in [5.41, 5.74) is 4.86. The van der Waals surface area contributed by atoms with Crippen LogP contribution in [-0.2, 0) is 6.42 Å². The first-order valence-corrected chi connectivity index (χ1v) is 7.26. The third-order valence-electron chi connectivity index (χ3n) is 3.68. The first kappa shape index (κ1) is 13.3. The van der Waals surface area contributed by atoms with E-state index in [9.17, 15) is 0 Å². The van der Waals surface area contributed by atoms with Crippen LogP contribution in [0.3, 0.4) is 0 Å². The third-order valence-corrected chi connectivity index (χ3v) is 3.91. The molecule has 2 aromatic carbocycles. The van der Waals surface area contributed by atoms with Gasteiger partial charge in [0.15, 0.2) is 0 Å². The second-order valence-electron chi connectivity index (χ2n) is 5.40. The second-order valence-corrected chi connectivity index (χ2v) is 5.83. The van der Waals surface area contributed by atoms with Gasteiger partial charge in [0, 0.05) is 17.1 Å². The first-order chi connectivity index (χ1) is 9.61. The van der Waals surface area contributed by atoms with E-state index in [1.54, 1.807) is 0 Å². The molecule has 104 valence electrons. The smallest absolute Gasteiger partial charge is 0.123 e. The molecule has 0 bridgehead atoms. The van der Waals surface area contributed by atoms with Gasteiger partial charge in [-0.3, -0.25) is 0 Å². The Morgan fingerprint density at radius 2 is 2.05 bits per heavy atom. The summed E-state index contributed by atoms with van der Waals surface area (Å²) in [6.45, 7) is 4.97. The van der Waals surface area contributed by atoms with E-state index in [1.807, 2.05) is 18.2 Å². The predicted molar refractivity (Wildman–Crippen MR) is 84.0 cm³/mol. The fourth-order valence-corrected chi connectivity index (χ4v) is 2.74. The maximum Gasteiger partial charge on any atom is 0.123 e. The molecule has 1 aliphatic rings. The van der Waals surface area contributed by atoms with Crippen molar-refractivity contribution < 1.29 is 4.74 Å². The molecule has 0 amide bonds. The number of fused-ring (bicyclic) bond motifs is 1. The number of halogens is 1. The Bertz CT molecular complexity index is 639. The van der Waals surface area contributed by atoms with E-state index < -0.39 is 0 Å². The molecule has 2 nitrogen and oxygen atoms in total. The summed E-state index contributed by atoms with van der Waals surface area (Å²) in [7, 11) is 0. The fraction of sp³-hybridized carbons (Fsp3) is 0.294. The van der Waals surface area contributed by atoms with Gasteiger partial charge in [0.1, 0.15) is 11.9 Å². The Morgan fingerprint density at radius 3 is 2.90 bits per heavy atom. The molecule has 20 heavy (non-hydrogen) atoms. The summed E-state index contributed by atoms with van der Waals surface area (Å²) in [5, 5.41) is 4.19. The van der Waals surface area contributed by atoms with Crippen LogP contribution in [0.2, 0.25) is 5.02 Å². The number of ether oxygens (including phenoxy) is 1. The molecule has 3 rings (SSSR count). The Balaban J connectivity index is 1.65. The highest BCUT2D eigenvalue weighted by atomic mass is 35.5. The molecule has 3 heteroatoms. The summed E-state index contributed by atoms with van der Waals surface area (Å²) in [6, 6.07) is 12.3. The van der Waals surface area contributed by atoms with Crippen molar-refractivity contribution in [3.05, 3.63) is 58.1 Å². The molecule has 0 fully saturated rings. The van der Waals surface area contributed by atoms with Gasteiger partial charge in [-0.2, -0.15) is 0 Å². The topological polar surface area (TPSA) is 21.3 Å². The van der Waals surface area contributed by atoms with Crippen LogP contribution >= 0.6 is 11.6 Å². The quantitative estimate of drug-likeness (QED) is 0.905. The van der Waals surface area contributed by atoms with Gasteiger partial charge in [0.2, 0.25) is 0 Å². The zero-order chi connectivity index (χ0) is 14.1. The normalized spacial score (nSPS) is 16.6. The van der Waals surface area contributed by atoms with Crippen molar-refractivity contribution >= 4 is 17.3 Å². The molecule has 0 spiro atoms. The van der Waals surface area contributed by atoms with E-state index in [0.29, 0.717) is 0 Å². The highest BCUT2D eigenvalue weighted by molar-refractivity contribution is 6.30. The van der Waals surface area contributed by atoms with E-state index in [1.165, 1.54) is 16.7 Å². The number of aryl methyl sites for hydroxylation is 2. The van der Waals surface area contributed by atoms with Gasteiger partial charge in [0.25, 0.3) is 0 Å². The molecule has 1 heterocycles. The van der Waals surface area contributed by atoms with E-state index in [4.69, 9.17) is 16.3 Å². The Kier molecular flexibility index (Phi) is 3.58. The number of hydrogen-bond acceptors (Lipinski definition) is 2. The minimum Gasteiger partial charge on any atom is -0.488 e. The van der Waals surface area contributed by atoms with Crippen LogP contribution < -0.4 is 10.1 Å². The lowest BCUT2D eigenvalue weighted by atomic mass is 10.1. The molecular formula is C17H18ClNO. The molecule has 1 unspecified atom stereocenters. The van der Waals surface area contributed by atoms with Crippen LogP contribution in [0.15, 0.2) is 36.4 Å². The van der Waals surface area contributed by atoms with E-state index >= 15 is 0 Å². The third kappa shape index (κ3) is 2.75. The monoisotopic (exact) mass is 287 g/mol. The summed E-state index contributed by atoms with van der Waals surface area (Å²) in [4.78, 5) is 0. The van der Waals surface area contributed by atoms with Crippen LogP contribution in [0.4, 0.5) is 5.69 Å². The standard InChI is InChI=1S/C17H18ClNO/c1-11-3-6-17-13(7-11)8-15(20-17)10-19-16-9-14(18)5-4-12(16)2/h3-7,9,15,19H,8,10H2,1-2H3. The maximum absolute atomic E-state index is 6.03. The average Bonchev–Trinajstić information content (AvgIpc) is 2.81. The van der Waals surface area contributed by atoms with Gasteiger partial charge in [-0.25, -0.2) is 0 Å². The van der Waals surface area contributed by atoms with Gasteiger partial charge < -0.3 is 10.1 Å². The number of nitrogens with one attached hydrogen (secondary N) is 1. The van der Waals surface area contributed by atoms with E-state index in [-0.39, 0.29) is 6.10 Å². The van der Waals surface area contributed by atoms with Gasteiger partial charge >= 0.3 is 0 Å². The predicted octanol–water partition coefficient (Wildman–Crippen LogP) is 4.37. The zero-order valence-corrected chi connectivity index (χ0v) is 12.5. The number of rotatable bonds is 3. The molecule has 0 saturated carbocycles. The average molecular weight is 288 g/mol. The van der Waals surface area contributed by atoms with Gasteiger partial charge in [-0.1, -0.05) is 35.4 Å². The lowest BCUT2D eigenvalue weighted by molar-refractivity contribution is 0.246. The van der Waals surface area contributed by atoms with E-state index in [2.05, 4.69) is 37.4 Å². The zero-order valence-electron chi connectivity index (χ0n) is 11.7. The van der Waals surface area contributed by atoms with Crippen molar-refractivity contribution in [2.75, 3.05) is 11.9 Å². The molecule has 0 radical (unpaired) electrons. The highest BCUT2D eigenvalue weighted by Crippen LogP contribution is 2.30. The molecule has 1 aliphatic heterocycles. The SMILES string of the molecule is Cc1ccc2c(c1)CC(CNc1cc(Cl)ccc1C)O2. The summed E-state index contributed by atoms with van der Waals surface area (Å²) < 4.78 is 5.96. The van der Waals surface area contributed by atoms with Crippen molar-refractivity contribution in [3.8, 4) is 5.75 Å².